The van der Waals surface area contributed by atoms with Crippen LogP contribution in [0.3, 0.4) is 0 Å². The molecule has 16 nitrogen and oxygen atoms in total. The van der Waals surface area contributed by atoms with Crippen LogP contribution in [0.4, 0.5) is 0 Å². The van der Waals surface area contributed by atoms with Crippen molar-refractivity contribution in [2.24, 2.45) is 0 Å². The molecule has 1 fully saturated rings. The topological polar surface area (TPSA) is 245 Å². The SMILES string of the molecule is N.[B]P(=O)(OC[C@H]1O[C@@H](n2ccc(=O)[nH]c2=O)[C@H](OC(=O)c2ccccc2)[C@@H]1OC(=O)c1ccccc1)OP(=O)(O)O. The summed E-state index contributed by atoms with van der Waals surface area (Å²) in [6.45, 7) is -0.880. The first-order valence-corrected chi connectivity index (χ1v) is 14.8. The van der Waals surface area contributed by atoms with Crippen molar-refractivity contribution in [3.8, 4) is 0 Å². The molecule has 19 heteroatoms. The van der Waals surface area contributed by atoms with Gasteiger partial charge in [-0.2, -0.15) is 0 Å². The Morgan fingerprint density at radius 3 is 1.93 bits per heavy atom. The normalized spacial score (nSPS) is 21.5. The fourth-order valence-electron chi connectivity index (χ4n) is 3.84. The highest BCUT2D eigenvalue weighted by atomic mass is 31.3. The van der Waals surface area contributed by atoms with Gasteiger partial charge in [-0.3, -0.25) is 18.9 Å². The quantitative estimate of drug-likeness (QED) is 0.142. The van der Waals surface area contributed by atoms with E-state index < -0.39 is 69.6 Å². The molecule has 1 unspecified atom stereocenters. The molecule has 0 bridgehead atoms. The third-order valence-corrected chi connectivity index (χ3v) is 7.83. The minimum atomic E-state index is -5.35. The number of esters is 2. The van der Waals surface area contributed by atoms with E-state index in [1.54, 1.807) is 36.4 Å². The van der Waals surface area contributed by atoms with E-state index in [0.717, 1.165) is 16.8 Å². The fourth-order valence-corrected chi connectivity index (χ4v) is 5.57. The van der Waals surface area contributed by atoms with Crippen LogP contribution in [-0.2, 0) is 32.2 Å². The van der Waals surface area contributed by atoms with Crippen molar-refractivity contribution in [1.82, 2.24) is 15.7 Å². The van der Waals surface area contributed by atoms with Gasteiger partial charge in [0.1, 0.15) is 6.10 Å². The Labute approximate surface area is 238 Å². The third kappa shape index (κ3) is 8.44. The number of H-pyrrole nitrogens is 1. The van der Waals surface area contributed by atoms with E-state index in [0.29, 0.717) is 0 Å². The van der Waals surface area contributed by atoms with Gasteiger partial charge in [0, 0.05) is 12.3 Å². The molecule has 1 saturated heterocycles. The number of nitrogens with one attached hydrogen (secondary N) is 1. The molecule has 1 aromatic heterocycles. The predicted octanol–water partition coefficient (Wildman–Crippen LogP) is 1.45. The van der Waals surface area contributed by atoms with Gasteiger partial charge in [-0.05, 0) is 24.3 Å². The number of hydrogen-bond donors (Lipinski definition) is 4. The van der Waals surface area contributed by atoms with Crippen molar-refractivity contribution < 1.29 is 51.6 Å². The van der Waals surface area contributed by atoms with Crippen LogP contribution in [0.1, 0.15) is 26.9 Å². The molecule has 1 aliphatic rings. The van der Waals surface area contributed by atoms with Crippen LogP contribution in [0.15, 0.2) is 82.5 Å². The summed E-state index contributed by atoms with van der Waals surface area (Å²) < 4.78 is 50.3. The number of nitrogens with zero attached hydrogens (tertiary/aromatic N) is 1. The van der Waals surface area contributed by atoms with Crippen LogP contribution in [-0.4, -0.2) is 63.8 Å². The Balaban J connectivity index is 0.00000484. The van der Waals surface area contributed by atoms with Gasteiger partial charge in [0.05, 0.1) is 17.7 Å². The number of rotatable bonds is 10. The summed E-state index contributed by atoms with van der Waals surface area (Å²) in [5.41, 5.74) is -1.55. The Morgan fingerprint density at radius 1 is 0.905 bits per heavy atom. The lowest BCUT2D eigenvalue weighted by Gasteiger charge is -2.25. The smallest absolute Gasteiger partial charge is 0.452 e. The van der Waals surface area contributed by atoms with Crippen molar-refractivity contribution in [2.75, 3.05) is 6.61 Å². The predicted molar refractivity (Wildman–Crippen MR) is 144 cm³/mol. The van der Waals surface area contributed by atoms with Crippen molar-refractivity contribution in [3.05, 3.63) is 105 Å². The molecule has 3 aromatic rings. The Kier molecular flexibility index (Phi) is 10.6. The van der Waals surface area contributed by atoms with Crippen LogP contribution in [0.25, 0.3) is 0 Å². The zero-order valence-corrected chi connectivity index (χ0v) is 23.2. The molecule has 0 spiro atoms. The Morgan fingerprint density at radius 2 is 1.43 bits per heavy atom. The second-order valence-corrected chi connectivity index (χ2v) is 11.4. The molecule has 2 radical (unpaired) electrons. The monoisotopic (exact) mass is 623 g/mol. The second-order valence-electron chi connectivity index (χ2n) is 8.46. The maximum absolute atomic E-state index is 13.0. The maximum Gasteiger partial charge on any atom is 0.476 e. The minimum Gasteiger partial charge on any atom is -0.452 e. The number of phosphoric acid groups is 1. The van der Waals surface area contributed by atoms with Gasteiger partial charge in [0.2, 0.25) is 7.57 Å². The van der Waals surface area contributed by atoms with Crippen LogP contribution < -0.4 is 17.4 Å². The van der Waals surface area contributed by atoms with E-state index in [9.17, 15) is 28.3 Å². The summed E-state index contributed by atoms with van der Waals surface area (Å²) in [6.07, 6.45) is -5.16. The summed E-state index contributed by atoms with van der Waals surface area (Å²) in [4.78, 5) is 70.3. The molecule has 2 heterocycles. The molecule has 2 aromatic carbocycles. The van der Waals surface area contributed by atoms with Crippen LogP contribution >= 0.6 is 15.3 Å². The van der Waals surface area contributed by atoms with Crippen molar-refractivity contribution in [2.45, 2.75) is 24.5 Å². The first-order valence-electron chi connectivity index (χ1n) is 11.6. The highest BCUT2D eigenvalue weighted by Gasteiger charge is 2.51. The van der Waals surface area contributed by atoms with E-state index in [1.165, 1.54) is 24.3 Å². The lowest BCUT2D eigenvalue weighted by atomic mass is 10.1. The van der Waals surface area contributed by atoms with Crippen molar-refractivity contribution in [1.29, 1.82) is 0 Å². The Hall–Kier alpha value is -3.66. The molecule has 1 aliphatic heterocycles. The second kappa shape index (κ2) is 13.5. The van der Waals surface area contributed by atoms with Gasteiger partial charge in [0.15, 0.2) is 18.4 Å². The van der Waals surface area contributed by atoms with Gasteiger partial charge in [-0.15, -0.1) is 0 Å². The largest absolute Gasteiger partial charge is 0.476 e. The molecular formula is C23H24BN3O13P2. The molecule has 0 saturated carbocycles. The number of benzene rings is 2. The number of aromatic amines is 1. The average Bonchev–Trinajstić information content (AvgIpc) is 3.23. The highest BCUT2D eigenvalue weighted by molar-refractivity contribution is 7.83. The van der Waals surface area contributed by atoms with Crippen LogP contribution in [0.2, 0.25) is 0 Å². The van der Waals surface area contributed by atoms with Gasteiger partial charge in [-0.25, -0.2) is 23.3 Å². The first kappa shape index (κ1) is 32.9. The standard InChI is InChI=1S/C23H21BN2O13P2.H3N/c24-40(31,39-41(32,33)34)35-13-16-18(37-21(28)14-7-3-1-4-8-14)19(38-22(29)15-9-5-2-6-10-15)20(36-16)26-12-11-17(27)25-23(26)30;/h1-12,16,18-20H,13H2,(H,25,27,30)(H2,32,33,34);1H3/t16-,18-,19-,20-,40?;/m1./s1. The summed E-state index contributed by atoms with van der Waals surface area (Å²) in [7, 11) is -4.97. The summed E-state index contributed by atoms with van der Waals surface area (Å²) >= 11 is 0. The first-order chi connectivity index (χ1) is 19.3. The zero-order valence-electron chi connectivity index (χ0n) is 21.5. The molecular weight excluding hydrogens is 599 g/mol. The van der Waals surface area contributed by atoms with E-state index in [2.05, 4.69) is 4.31 Å². The third-order valence-electron chi connectivity index (χ3n) is 5.55. The van der Waals surface area contributed by atoms with Crippen molar-refractivity contribution in [3.63, 3.8) is 0 Å². The summed E-state index contributed by atoms with van der Waals surface area (Å²) in [5, 5.41) is 0. The van der Waals surface area contributed by atoms with Crippen molar-refractivity contribution >= 4 is 34.8 Å². The van der Waals surface area contributed by atoms with Gasteiger partial charge < -0.3 is 34.7 Å². The van der Waals surface area contributed by atoms with Gasteiger partial charge in [0.25, 0.3) is 13.0 Å². The number of ether oxygens (including phenoxy) is 3. The number of carbonyl (C=O) groups is 2. The number of aromatic nitrogens is 2. The molecule has 0 aliphatic carbocycles. The van der Waals surface area contributed by atoms with E-state index in [4.69, 9.17) is 36.1 Å². The van der Waals surface area contributed by atoms with Crippen LogP contribution in [0.5, 0.6) is 0 Å². The molecule has 6 N–H and O–H groups in total. The molecule has 222 valence electrons. The minimum absolute atomic E-state index is 0. The van der Waals surface area contributed by atoms with Gasteiger partial charge in [-0.1, -0.05) is 36.4 Å². The van der Waals surface area contributed by atoms with E-state index in [1.807, 2.05) is 4.98 Å². The fraction of sp³-hybridized carbons (Fsp3) is 0.217. The van der Waals surface area contributed by atoms with E-state index in [-0.39, 0.29) is 17.3 Å². The molecule has 0 amide bonds. The average molecular weight is 623 g/mol. The summed E-state index contributed by atoms with van der Waals surface area (Å²) in [5.74, 6) is -1.82. The molecule has 5 atom stereocenters. The zero-order chi connectivity index (χ0) is 29.8. The molecule has 42 heavy (non-hydrogen) atoms. The maximum atomic E-state index is 13.0. The number of hydrogen-bond acceptors (Lipinski definition) is 12. The lowest BCUT2D eigenvalue weighted by molar-refractivity contribution is -0.0583. The molecule has 4 rings (SSSR count). The van der Waals surface area contributed by atoms with E-state index >= 15 is 0 Å². The lowest BCUT2D eigenvalue weighted by Crippen LogP contribution is -2.42. The summed E-state index contributed by atoms with van der Waals surface area (Å²) in [6, 6.07) is 16.3. The Bertz CT molecular complexity index is 1610. The van der Waals surface area contributed by atoms with Crippen LogP contribution in [0, 0.1) is 0 Å². The van der Waals surface area contributed by atoms with Gasteiger partial charge >= 0.3 is 25.5 Å². The highest BCUT2D eigenvalue weighted by Crippen LogP contribution is 2.57. The number of carbonyl (C=O) groups excluding carboxylic acids is 2.